The van der Waals surface area contributed by atoms with Crippen LogP contribution in [0.15, 0.2) is 63.5 Å². The van der Waals surface area contributed by atoms with Gasteiger partial charge in [0.15, 0.2) is 0 Å². The second-order valence-corrected chi connectivity index (χ2v) is 7.47. The van der Waals surface area contributed by atoms with Crippen LogP contribution in [0, 0.1) is 12.8 Å². The lowest BCUT2D eigenvalue weighted by Gasteiger charge is -2.04. The summed E-state index contributed by atoms with van der Waals surface area (Å²) in [6.45, 7) is 2.56. The first-order valence-corrected chi connectivity index (χ1v) is 9.93. The second-order valence-electron chi connectivity index (χ2n) is 7.47. The number of nitrogens with zero attached hydrogens (tertiary/aromatic N) is 3. The van der Waals surface area contributed by atoms with Crippen molar-refractivity contribution >= 4 is 5.91 Å². The number of aromatic nitrogens is 3. The van der Waals surface area contributed by atoms with Crippen LogP contribution in [0.2, 0.25) is 0 Å². The van der Waals surface area contributed by atoms with Crippen molar-refractivity contribution in [3.63, 3.8) is 0 Å². The molecular formula is C23H20N4O3. The first kappa shape index (κ1) is 18.3. The Balaban J connectivity index is 1.39. The van der Waals surface area contributed by atoms with E-state index in [9.17, 15) is 4.79 Å². The van der Waals surface area contributed by atoms with Crippen molar-refractivity contribution in [1.29, 1.82) is 0 Å². The fraction of sp³-hybridized carbons (Fsp3) is 0.217. The number of amides is 1. The van der Waals surface area contributed by atoms with Crippen LogP contribution in [0.1, 0.15) is 29.0 Å². The molecule has 0 bridgehead atoms. The van der Waals surface area contributed by atoms with Crippen molar-refractivity contribution in [2.45, 2.75) is 19.8 Å². The van der Waals surface area contributed by atoms with Gasteiger partial charge < -0.3 is 14.3 Å². The Bertz CT molecular complexity index is 1170. The zero-order valence-corrected chi connectivity index (χ0v) is 16.5. The number of nitrogens with one attached hydrogen (secondary N) is 1. The molecule has 0 aliphatic heterocycles. The predicted octanol–water partition coefficient (Wildman–Crippen LogP) is 4.51. The van der Waals surface area contributed by atoms with Gasteiger partial charge in [0.25, 0.3) is 11.8 Å². The molecule has 2 aromatic carbocycles. The normalized spacial score (nSPS) is 13.4. The molecule has 0 radical (unpaired) electrons. The number of hydrogen-bond acceptors (Lipinski definition) is 6. The molecule has 1 N–H and O–H groups in total. The lowest BCUT2D eigenvalue weighted by molar-refractivity contribution is 0.0952. The van der Waals surface area contributed by atoms with Crippen LogP contribution in [0.25, 0.3) is 34.2 Å². The van der Waals surface area contributed by atoms with E-state index in [-0.39, 0.29) is 5.91 Å². The molecule has 1 fully saturated rings. The third-order valence-corrected chi connectivity index (χ3v) is 5.19. The molecule has 1 saturated carbocycles. The van der Waals surface area contributed by atoms with Crippen molar-refractivity contribution in [2.24, 2.45) is 5.92 Å². The number of rotatable bonds is 6. The van der Waals surface area contributed by atoms with Gasteiger partial charge in [0, 0.05) is 23.2 Å². The first-order chi connectivity index (χ1) is 14.7. The first-order valence-electron chi connectivity index (χ1n) is 9.93. The van der Waals surface area contributed by atoms with E-state index in [0.717, 1.165) is 17.7 Å². The number of carbonyl (C=O) groups is 1. The predicted molar refractivity (Wildman–Crippen MR) is 110 cm³/mol. The average Bonchev–Trinajstić information content (AvgIpc) is 3.35. The van der Waals surface area contributed by atoms with E-state index in [1.807, 2.05) is 49.4 Å². The van der Waals surface area contributed by atoms with Crippen molar-refractivity contribution in [2.75, 3.05) is 6.54 Å². The minimum atomic E-state index is -0.0627. The summed E-state index contributed by atoms with van der Waals surface area (Å²) in [6.07, 6.45) is 2.41. The topological polar surface area (TPSA) is 94.0 Å². The summed E-state index contributed by atoms with van der Waals surface area (Å²) >= 11 is 0. The largest absolute Gasteiger partial charge is 0.416 e. The van der Waals surface area contributed by atoms with Gasteiger partial charge in [-0.3, -0.25) is 4.79 Å². The third-order valence-electron chi connectivity index (χ3n) is 5.19. The Morgan fingerprint density at radius 2 is 1.73 bits per heavy atom. The number of hydrogen-bond donors (Lipinski definition) is 1. The zero-order valence-electron chi connectivity index (χ0n) is 16.5. The molecule has 2 heterocycles. The highest BCUT2D eigenvalue weighted by atomic mass is 16.5. The van der Waals surface area contributed by atoms with Gasteiger partial charge in [-0.2, -0.15) is 0 Å². The van der Waals surface area contributed by atoms with Crippen molar-refractivity contribution in [3.8, 4) is 34.2 Å². The SMILES string of the molecule is Cc1onc(-c2ccccc2)c1-c1nnc(-c2ccc(C(=O)NCC3CC3)cc2)o1. The van der Waals surface area contributed by atoms with E-state index >= 15 is 0 Å². The second kappa shape index (κ2) is 7.59. The lowest BCUT2D eigenvalue weighted by atomic mass is 10.1. The molecular weight excluding hydrogens is 380 g/mol. The van der Waals surface area contributed by atoms with Crippen molar-refractivity contribution < 1.29 is 13.7 Å². The highest BCUT2D eigenvalue weighted by Gasteiger charge is 2.23. The Labute approximate surface area is 173 Å². The molecule has 7 nitrogen and oxygen atoms in total. The summed E-state index contributed by atoms with van der Waals surface area (Å²) in [5.74, 6) is 1.90. The van der Waals surface area contributed by atoms with Gasteiger partial charge in [-0.05, 0) is 49.9 Å². The van der Waals surface area contributed by atoms with Crippen LogP contribution in [0.4, 0.5) is 0 Å². The van der Waals surface area contributed by atoms with Gasteiger partial charge in [0.2, 0.25) is 5.89 Å². The Hall–Kier alpha value is -3.74. The van der Waals surface area contributed by atoms with E-state index in [4.69, 9.17) is 8.94 Å². The Kier molecular flexibility index (Phi) is 4.63. The van der Waals surface area contributed by atoms with E-state index in [2.05, 4.69) is 20.7 Å². The summed E-state index contributed by atoms with van der Waals surface area (Å²) in [5, 5.41) is 15.5. The van der Waals surface area contributed by atoms with Gasteiger partial charge in [-0.15, -0.1) is 10.2 Å². The fourth-order valence-corrected chi connectivity index (χ4v) is 3.28. The van der Waals surface area contributed by atoms with Gasteiger partial charge in [0.05, 0.1) is 0 Å². The van der Waals surface area contributed by atoms with Crippen LogP contribution in [0.3, 0.4) is 0 Å². The maximum atomic E-state index is 12.2. The van der Waals surface area contributed by atoms with Gasteiger partial charge >= 0.3 is 0 Å². The molecule has 0 spiro atoms. The van der Waals surface area contributed by atoms with E-state index < -0.39 is 0 Å². The van der Waals surface area contributed by atoms with Gasteiger partial charge in [-0.1, -0.05) is 35.5 Å². The standard InChI is InChI=1S/C23H20N4O3/c1-14-19(20(27-30-14)16-5-3-2-4-6-16)23-26-25-22(29-23)18-11-9-17(10-12-18)21(28)24-13-15-7-8-15/h2-6,9-12,15H,7-8,13H2,1H3,(H,24,28). The van der Waals surface area contributed by atoms with Gasteiger partial charge in [-0.25, -0.2) is 0 Å². The van der Waals surface area contributed by atoms with Crippen molar-refractivity contribution in [3.05, 3.63) is 65.9 Å². The molecule has 150 valence electrons. The molecule has 2 aromatic heterocycles. The van der Waals surface area contributed by atoms with E-state index in [1.54, 1.807) is 12.1 Å². The van der Waals surface area contributed by atoms with Crippen LogP contribution < -0.4 is 5.32 Å². The molecule has 1 aliphatic rings. The highest BCUT2D eigenvalue weighted by molar-refractivity contribution is 5.94. The molecule has 4 aromatic rings. The summed E-state index contributed by atoms with van der Waals surface area (Å²) < 4.78 is 11.3. The van der Waals surface area contributed by atoms with Crippen LogP contribution in [-0.2, 0) is 0 Å². The molecule has 0 saturated heterocycles. The van der Waals surface area contributed by atoms with E-state index in [0.29, 0.717) is 40.3 Å². The van der Waals surface area contributed by atoms with Gasteiger partial charge in [0.1, 0.15) is 17.0 Å². The molecule has 30 heavy (non-hydrogen) atoms. The van der Waals surface area contributed by atoms with Crippen molar-refractivity contribution in [1.82, 2.24) is 20.7 Å². The smallest absolute Gasteiger partial charge is 0.254 e. The minimum absolute atomic E-state index is 0.0627. The van der Waals surface area contributed by atoms with Crippen LogP contribution in [-0.4, -0.2) is 27.8 Å². The fourth-order valence-electron chi connectivity index (χ4n) is 3.28. The maximum Gasteiger partial charge on any atom is 0.254 e. The molecule has 0 atom stereocenters. The van der Waals surface area contributed by atoms with Crippen LogP contribution >= 0.6 is 0 Å². The maximum absolute atomic E-state index is 12.2. The van der Waals surface area contributed by atoms with E-state index in [1.165, 1.54) is 12.8 Å². The molecule has 1 amide bonds. The Morgan fingerprint density at radius 1 is 1.00 bits per heavy atom. The average molecular weight is 400 g/mol. The summed E-state index contributed by atoms with van der Waals surface area (Å²) in [6, 6.07) is 16.9. The van der Waals surface area contributed by atoms with Crippen LogP contribution in [0.5, 0.6) is 0 Å². The zero-order chi connectivity index (χ0) is 20.5. The summed E-state index contributed by atoms with van der Waals surface area (Å²) in [7, 11) is 0. The lowest BCUT2D eigenvalue weighted by Crippen LogP contribution is -2.25. The summed E-state index contributed by atoms with van der Waals surface area (Å²) in [5.41, 5.74) is 3.59. The molecule has 0 unspecified atom stereocenters. The highest BCUT2D eigenvalue weighted by Crippen LogP contribution is 2.34. The Morgan fingerprint density at radius 3 is 2.47 bits per heavy atom. The number of benzene rings is 2. The quantitative estimate of drug-likeness (QED) is 0.512. The molecule has 7 heteroatoms. The molecule has 5 rings (SSSR count). The number of carbonyl (C=O) groups excluding carboxylic acids is 1. The summed E-state index contributed by atoms with van der Waals surface area (Å²) in [4.78, 5) is 12.2. The monoisotopic (exact) mass is 400 g/mol. The number of aryl methyl sites for hydroxylation is 1. The minimum Gasteiger partial charge on any atom is -0.416 e. The molecule has 1 aliphatic carbocycles. The third kappa shape index (κ3) is 3.61.